The third-order valence-corrected chi connectivity index (χ3v) is 3.78. The van der Waals surface area contributed by atoms with Crippen molar-refractivity contribution in [3.05, 3.63) is 54.1 Å². The van der Waals surface area contributed by atoms with Crippen LogP contribution in [0.25, 0.3) is 0 Å². The summed E-state index contributed by atoms with van der Waals surface area (Å²) < 4.78 is 5.38. The van der Waals surface area contributed by atoms with E-state index in [-0.39, 0.29) is 18.6 Å². The molecule has 0 spiro atoms. The van der Waals surface area contributed by atoms with E-state index in [1.807, 2.05) is 24.4 Å². The molecule has 1 atom stereocenters. The van der Waals surface area contributed by atoms with Gasteiger partial charge in [0.1, 0.15) is 6.61 Å². The van der Waals surface area contributed by atoms with Crippen LogP contribution in [0.5, 0.6) is 0 Å². The maximum atomic E-state index is 11.8. The van der Waals surface area contributed by atoms with Crippen LogP contribution in [-0.2, 0) is 16.1 Å². The third kappa shape index (κ3) is 3.07. The molecule has 0 aliphatic carbocycles. The van der Waals surface area contributed by atoms with E-state index >= 15 is 0 Å². The van der Waals surface area contributed by atoms with Gasteiger partial charge in [0.05, 0.1) is 12.6 Å². The molecule has 0 radical (unpaired) electrons. The Morgan fingerprint density at radius 3 is 3.00 bits per heavy atom. The molecule has 1 N–H and O–H groups in total. The standard InChI is InChI=1S/C16H18N4O2/c1-20-15(10-22-11-16(20)21)13-9-18-6-4-14(13)19-8-12-3-2-5-17-7-12/h2-7,9,15H,8,10-11H2,1H3,(H,18,19). The highest BCUT2D eigenvalue weighted by atomic mass is 16.5. The van der Waals surface area contributed by atoms with Crippen LogP contribution in [0.15, 0.2) is 43.0 Å². The Bertz CT molecular complexity index is 648. The smallest absolute Gasteiger partial charge is 0.248 e. The lowest BCUT2D eigenvalue weighted by molar-refractivity contribution is -0.146. The molecule has 3 heterocycles. The molecule has 1 saturated heterocycles. The van der Waals surface area contributed by atoms with E-state index in [0.717, 1.165) is 16.8 Å². The minimum Gasteiger partial charge on any atom is -0.381 e. The summed E-state index contributed by atoms with van der Waals surface area (Å²) in [6.07, 6.45) is 7.10. The van der Waals surface area contributed by atoms with E-state index in [2.05, 4.69) is 15.3 Å². The number of carbonyl (C=O) groups is 1. The summed E-state index contributed by atoms with van der Waals surface area (Å²) in [7, 11) is 1.80. The summed E-state index contributed by atoms with van der Waals surface area (Å²) in [6.45, 7) is 1.29. The Morgan fingerprint density at radius 1 is 1.32 bits per heavy atom. The molecular weight excluding hydrogens is 280 g/mol. The van der Waals surface area contributed by atoms with Crippen molar-refractivity contribution in [3.8, 4) is 0 Å². The van der Waals surface area contributed by atoms with Gasteiger partial charge in [-0.25, -0.2) is 0 Å². The van der Waals surface area contributed by atoms with Crippen LogP contribution in [0.1, 0.15) is 17.2 Å². The Balaban J connectivity index is 1.79. The molecule has 22 heavy (non-hydrogen) atoms. The summed E-state index contributed by atoms with van der Waals surface area (Å²) >= 11 is 0. The van der Waals surface area contributed by atoms with Crippen LogP contribution < -0.4 is 5.32 Å². The van der Waals surface area contributed by atoms with Crippen LogP contribution in [0.4, 0.5) is 5.69 Å². The molecule has 1 amide bonds. The molecule has 1 fully saturated rings. The molecule has 1 aliphatic rings. The molecule has 2 aromatic heterocycles. The number of nitrogens with zero attached hydrogens (tertiary/aromatic N) is 3. The van der Waals surface area contributed by atoms with Gasteiger partial charge < -0.3 is 15.0 Å². The lowest BCUT2D eigenvalue weighted by Gasteiger charge is -2.33. The van der Waals surface area contributed by atoms with E-state index in [4.69, 9.17) is 4.74 Å². The van der Waals surface area contributed by atoms with Gasteiger partial charge in [0.15, 0.2) is 0 Å². The maximum absolute atomic E-state index is 11.8. The second kappa shape index (κ2) is 6.53. The first kappa shape index (κ1) is 14.5. The predicted octanol–water partition coefficient (Wildman–Crippen LogP) is 1.62. The second-order valence-corrected chi connectivity index (χ2v) is 5.21. The second-order valence-electron chi connectivity index (χ2n) is 5.21. The minimum absolute atomic E-state index is 0.0155. The van der Waals surface area contributed by atoms with Crippen LogP contribution in [0.2, 0.25) is 0 Å². The van der Waals surface area contributed by atoms with Crippen LogP contribution in [-0.4, -0.2) is 41.0 Å². The number of ether oxygens (including phenoxy) is 1. The van der Waals surface area contributed by atoms with Gasteiger partial charge in [0.25, 0.3) is 0 Å². The van der Waals surface area contributed by atoms with Gasteiger partial charge >= 0.3 is 0 Å². The number of aromatic nitrogens is 2. The van der Waals surface area contributed by atoms with Gasteiger partial charge in [0.2, 0.25) is 5.91 Å². The Kier molecular flexibility index (Phi) is 4.29. The Labute approximate surface area is 129 Å². The van der Waals surface area contributed by atoms with Crippen molar-refractivity contribution in [2.24, 2.45) is 0 Å². The number of anilines is 1. The average Bonchev–Trinajstić information content (AvgIpc) is 2.57. The van der Waals surface area contributed by atoms with Gasteiger partial charge in [-0.15, -0.1) is 0 Å². The molecule has 2 aromatic rings. The van der Waals surface area contributed by atoms with Crippen molar-refractivity contribution in [3.63, 3.8) is 0 Å². The maximum Gasteiger partial charge on any atom is 0.248 e. The van der Waals surface area contributed by atoms with Crippen molar-refractivity contribution in [2.45, 2.75) is 12.6 Å². The van der Waals surface area contributed by atoms with Crippen LogP contribution in [0.3, 0.4) is 0 Å². The van der Waals surface area contributed by atoms with E-state index in [1.54, 1.807) is 30.5 Å². The Hall–Kier alpha value is -2.47. The lowest BCUT2D eigenvalue weighted by Crippen LogP contribution is -2.41. The molecule has 114 valence electrons. The zero-order valence-electron chi connectivity index (χ0n) is 12.4. The monoisotopic (exact) mass is 298 g/mol. The molecule has 0 aromatic carbocycles. The Morgan fingerprint density at radius 2 is 2.18 bits per heavy atom. The number of hydrogen-bond donors (Lipinski definition) is 1. The van der Waals surface area contributed by atoms with Gasteiger partial charge in [-0.3, -0.25) is 14.8 Å². The van der Waals surface area contributed by atoms with Crippen molar-refractivity contribution < 1.29 is 9.53 Å². The fraction of sp³-hybridized carbons (Fsp3) is 0.312. The average molecular weight is 298 g/mol. The van der Waals surface area contributed by atoms with Gasteiger partial charge in [-0.1, -0.05) is 6.07 Å². The third-order valence-electron chi connectivity index (χ3n) is 3.78. The zero-order chi connectivity index (χ0) is 15.4. The number of amides is 1. The lowest BCUT2D eigenvalue weighted by atomic mass is 10.1. The number of hydrogen-bond acceptors (Lipinski definition) is 5. The summed E-state index contributed by atoms with van der Waals surface area (Å²) in [6, 6.07) is 5.72. The zero-order valence-corrected chi connectivity index (χ0v) is 12.4. The van der Waals surface area contributed by atoms with Crippen molar-refractivity contribution in [1.82, 2.24) is 14.9 Å². The fourth-order valence-electron chi connectivity index (χ4n) is 2.48. The van der Waals surface area contributed by atoms with Crippen LogP contribution >= 0.6 is 0 Å². The fourth-order valence-corrected chi connectivity index (χ4v) is 2.48. The minimum atomic E-state index is -0.119. The van der Waals surface area contributed by atoms with Crippen molar-refractivity contribution in [2.75, 3.05) is 25.6 Å². The first-order chi connectivity index (χ1) is 10.8. The number of pyridine rings is 2. The largest absolute Gasteiger partial charge is 0.381 e. The number of carbonyl (C=O) groups excluding carboxylic acids is 1. The highest BCUT2D eigenvalue weighted by molar-refractivity contribution is 5.78. The molecule has 0 bridgehead atoms. The first-order valence-electron chi connectivity index (χ1n) is 7.16. The van der Waals surface area contributed by atoms with Crippen molar-refractivity contribution in [1.29, 1.82) is 0 Å². The highest BCUT2D eigenvalue weighted by Crippen LogP contribution is 2.28. The molecule has 1 aliphatic heterocycles. The number of morpholine rings is 1. The topological polar surface area (TPSA) is 67.4 Å². The summed E-state index contributed by atoms with van der Waals surface area (Å²) in [5, 5.41) is 3.39. The molecule has 3 rings (SSSR count). The highest BCUT2D eigenvalue weighted by Gasteiger charge is 2.28. The number of nitrogens with one attached hydrogen (secondary N) is 1. The predicted molar refractivity (Wildman–Crippen MR) is 82.1 cm³/mol. The van der Waals surface area contributed by atoms with E-state index in [9.17, 15) is 4.79 Å². The van der Waals surface area contributed by atoms with Gasteiger partial charge in [-0.05, 0) is 17.7 Å². The van der Waals surface area contributed by atoms with Crippen LogP contribution in [0, 0.1) is 0 Å². The van der Waals surface area contributed by atoms with Gasteiger partial charge in [-0.2, -0.15) is 0 Å². The summed E-state index contributed by atoms with van der Waals surface area (Å²) in [4.78, 5) is 21.8. The molecule has 6 heteroatoms. The summed E-state index contributed by atoms with van der Waals surface area (Å²) in [5.74, 6) is -0.0155. The first-order valence-corrected chi connectivity index (χ1v) is 7.16. The van der Waals surface area contributed by atoms with E-state index in [1.165, 1.54) is 0 Å². The van der Waals surface area contributed by atoms with Gasteiger partial charge in [0, 0.05) is 49.6 Å². The quantitative estimate of drug-likeness (QED) is 0.929. The van der Waals surface area contributed by atoms with E-state index < -0.39 is 0 Å². The molecule has 1 unspecified atom stereocenters. The van der Waals surface area contributed by atoms with E-state index in [0.29, 0.717) is 13.2 Å². The normalized spacial score (nSPS) is 18.3. The SMILES string of the molecule is CN1C(=O)COCC1c1cnccc1NCc1cccnc1. The van der Waals surface area contributed by atoms with Crippen molar-refractivity contribution >= 4 is 11.6 Å². The molecule has 6 nitrogen and oxygen atoms in total. The summed E-state index contributed by atoms with van der Waals surface area (Å²) in [5.41, 5.74) is 3.01. The number of likely N-dealkylation sites (N-methyl/N-ethyl adjacent to an activating group) is 1. The number of rotatable bonds is 4. The molecule has 0 saturated carbocycles. The molecular formula is C16H18N4O2.